The molecule has 2 aromatic carbocycles. The molecule has 150 valence electrons. The summed E-state index contributed by atoms with van der Waals surface area (Å²) >= 11 is 0. The molecular formula is C23H25FN4O. The molecule has 0 radical (unpaired) electrons. The zero-order valence-electron chi connectivity index (χ0n) is 16.8. The van der Waals surface area contributed by atoms with Crippen molar-refractivity contribution < 1.29 is 4.39 Å². The highest BCUT2D eigenvalue weighted by Crippen LogP contribution is 2.21. The van der Waals surface area contributed by atoms with Crippen LogP contribution in [-0.4, -0.2) is 36.1 Å². The molecule has 0 bridgehead atoms. The van der Waals surface area contributed by atoms with Crippen LogP contribution in [-0.2, 0) is 6.42 Å². The Hall–Kier alpha value is -3.15. The summed E-state index contributed by atoms with van der Waals surface area (Å²) in [6.07, 6.45) is 0.565. The first-order chi connectivity index (χ1) is 14.0. The summed E-state index contributed by atoms with van der Waals surface area (Å²) in [7, 11) is 0. The van der Waals surface area contributed by atoms with Crippen molar-refractivity contribution in [1.82, 2.24) is 9.97 Å². The fourth-order valence-electron chi connectivity index (χ4n) is 3.73. The Kier molecular flexibility index (Phi) is 5.34. The molecule has 29 heavy (non-hydrogen) atoms. The maximum Gasteiger partial charge on any atom is 0.256 e. The molecule has 2 heterocycles. The van der Waals surface area contributed by atoms with E-state index in [1.54, 1.807) is 12.1 Å². The molecule has 3 aromatic rings. The van der Waals surface area contributed by atoms with E-state index in [2.05, 4.69) is 27.0 Å². The second-order valence-corrected chi connectivity index (χ2v) is 7.54. The standard InChI is InChI=1S/C23H25FN4O/c1-16-7-9-18(10-8-16)15-19-17(2)25-23(26-22(19)29)28-13-11-27(12-14-28)21-6-4-3-5-20(21)24/h3-10H,11-15H2,1-2H3,(H,25,26,29). The molecule has 0 amide bonds. The minimum absolute atomic E-state index is 0.0930. The van der Waals surface area contributed by atoms with E-state index < -0.39 is 0 Å². The number of benzene rings is 2. The molecular weight excluding hydrogens is 367 g/mol. The molecule has 0 saturated carbocycles. The lowest BCUT2D eigenvalue weighted by molar-refractivity contribution is 0.593. The molecule has 1 saturated heterocycles. The van der Waals surface area contributed by atoms with Crippen LogP contribution < -0.4 is 15.4 Å². The van der Waals surface area contributed by atoms with E-state index in [1.807, 2.05) is 36.9 Å². The first-order valence-electron chi connectivity index (χ1n) is 9.91. The van der Waals surface area contributed by atoms with Crippen molar-refractivity contribution in [2.45, 2.75) is 20.3 Å². The van der Waals surface area contributed by atoms with Crippen LogP contribution in [0.2, 0.25) is 0 Å². The predicted molar refractivity (Wildman–Crippen MR) is 114 cm³/mol. The van der Waals surface area contributed by atoms with Gasteiger partial charge in [-0.25, -0.2) is 9.37 Å². The normalized spacial score (nSPS) is 14.3. The molecule has 1 aromatic heterocycles. The number of hydrogen-bond donors (Lipinski definition) is 1. The van der Waals surface area contributed by atoms with Crippen molar-refractivity contribution in [3.8, 4) is 0 Å². The SMILES string of the molecule is Cc1ccc(Cc2c(C)nc(N3CCN(c4ccccc4F)CC3)[nH]c2=O)cc1. The molecule has 1 fully saturated rings. The zero-order chi connectivity index (χ0) is 20.4. The highest BCUT2D eigenvalue weighted by molar-refractivity contribution is 5.49. The highest BCUT2D eigenvalue weighted by atomic mass is 19.1. The minimum atomic E-state index is -0.205. The minimum Gasteiger partial charge on any atom is -0.366 e. The second kappa shape index (κ2) is 8.07. The number of H-pyrrole nitrogens is 1. The van der Waals surface area contributed by atoms with Crippen molar-refractivity contribution >= 4 is 11.6 Å². The van der Waals surface area contributed by atoms with Gasteiger partial charge in [-0.05, 0) is 31.5 Å². The highest BCUT2D eigenvalue weighted by Gasteiger charge is 2.21. The van der Waals surface area contributed by atoms with Gasteiger partial charge in [-0.2, -0.15) is 0 Å². The smallest absolute Gasteiger partial charge is 0.256 e. The van der Waals surface area contributed by atoms with Gasteiger partial charge in [0, 0.05) is 38.2 Å². The fourth-order valence-corrected chi connectivity index (χ4v) is 3.73. The molecule has 1 N–H and O–H groups in total. The third-order valence-corrected chi connectivity index (χ3v) is 5.48. The van der Waals surface area contributed by atoms with E-state index in [1.165, 1.54) is 11.6 Å². The lowest BCUT2D eigenvalue weighted by Gasteiger charge is -2.36. The van der Waals surface area contributed by atoms with Gasteiger partial charge in [0.05, 0.1) is 11.4 Å². The Balaban J connectivity index is 1.48. The summed E-state index contributed by atoms with van der Waals surface area (Å²) in [4.78, 5) is 24.4. The Morgan fingerprint density at radius 1 is 0.966 bits per heavy atom. The van der Waals surface area contributed by atoms with Gasteiger partial charge < -0.3 is 9.80 Å². The molecule has 0 spiro atoms. The fraction of sp³-hybridized carbons (Fsp3) is 0.304. The van der Waals surface area contributed by atoms with Crippen LogP contribution in [0.25, 0.3) is 0 Å². The molecule has 5 nitrogen and oxygen atoms in total. The van der Waals surface area contributed by atoms with E-state index in [0.717, 1.165) is 11.3 Å². The van der Waals surface area contributed by atoms with Gasteiger partial charge in [0.2, 0.25) is 5.95 Å². The van der Waals surface area contributed by atoms with Crippen LogP contribution in [0.4, 0.5) is 16.0 Å². The van der Waals surface area contributed by atoms with Crippen molar-refractivity contribution in [1.29, 1.82) is 0 Å². The number of para-hydroxylation sites is 1. The first kappa shape index (κ1) is 19.2. The number of aryl methyl sites for hydroxylation is 2. The summed E-state index contributed by atoms with van der Waals surface area (Å²) in [6, 6.07) is 15.0. The quantitative estimate of drug-likeness (QED) is 0.739. The van der Waals surface area contributed by atoms with Gasteiger partial charge in [0.15, 0.2) is 0 Å². The second-order valence-electron chi connectivity index (χ2n) is 7.54. The van der Waals surface area contributed by atoms with Crippen molar-refractivity contribution in [3.05, 3.63) is 87.1 Å². The van der Waals surface area contributed by atoms with Crippen LogP contribution in [0.3, 0.4) is 0 Å². The van der Waals surface area contributed by atoms with Gasteiger partial charge in [-0.3, -0.25) is 9.78 Å². The van der Waals surface area contributed by atoms with E-state index in [9.17, 15) is 9.18 Å². The van der Waals surface area contributed by atoms with Crippen LogP contribution in [0.1, 0.15) is 22.4 Å². The van der Waals surface area contributed by atoms with Gasteiger partial charge in [-0.15, -0.1) is 0 Å². The first-order valence-corrected chi connectivity index (χ1v) is 9.91. The zero-order valence-corrected chi connectivity index (χ0v) is 16.8. The van der Waals surface area contributed by atoms with Gasteiger partial charge >= 0.3 is 0 Å². The molecule has 0 aliphatic carbocycles. The number of aromatic amines is 1. The topological polar surface area (TPSA) is 52.2 Å². The van der Waals surface area contributed by atoms with Crippen molar-refractivity contribution in [2.24, 2.45) is 0 Å². The Morgan fingerprint density at radius 2 is 1.62 bits per heavy atom. The van der Waals surface area contributed by atoms with E-state index >= 15 is 0 Å². The monoisotopic (exact) mass is 392 g/mol. The molecule has 0 atom stereocenters. The molecule has 4 rings (SSSR count). The van der Waals surface area contributed by atoms with Crippen molar-refractivity contribution in [2.75, 3.05) is 36.0 Å². The Morgan fingerprint density at radius 3 is 2.28 bits per heavy atom. The Bertz CT molecular complexity index is 1050. The number of nitrogens with zero attached hydrogens (tertiary/aromatic N) is 3. The van der Waals surface area contributed by atoms with Gasteiger partial charge in [0.25, 0.3) is 5.56 Å². The van der Waals surface area contributed by atoms with Crippen LogP contribution in [0.15, 0.2) is 53.3 Å². The third kappa shape index (κ3) is 4.16. The third-order valence-electron chi connectivity index (χ3n) is 5.48. The maximum atomic E-state index is 14.0. The average molecular weight is 392 g/mol. The summed E-state index contributed by atoms with van der Waals surface area (Å²) in [5.41, 5.74) is 4.27. The van der Waals surface area contributed by atoms with E-state index in [-0.39, 0.29) is 11.4 Å². The molecule has 0 unspecified atom stereocenters. The number of anilines is 2. The van der Waals surface area contributed by atoms with Crippen LogP contribution >= 0.6 is 0 Å². The maximum absolute atomic E-state index is 14.0. The summed E-state index contributed by atoms with van der Waals surface area (Å²) in [5.74, 6) is 0.386. The lowest BCUT2D eigenvalue weighted by atomic mass is 10.0. The molecule has 1 aliphatic rings. The van der Waals surface area contributed by atoms with Crippen molar-refractivity contribution in [3.63, 3.8) is 0 Å². The van der Waals surface area contributed by atoms with E-state index in [0.29, 0.717) is 49.8 Å². The number of piperazine rings is 1. The Labute approximate surface area is 169 Å². The summed E-state index contributed by atoms with van der Waals surface area (Å²) < 4.78 is 14.0. The van der Waals surface area contributed by atoms with Crippen LogP contribution in [0, 0.1) is 19.7 Å². The lowest BCUT2D eigenvalue weighted by Crippen LogP contribution is -2.48. The average Bonchev–Trinajstić information content (AvgIpc) is 2.72. The largest absolute Gasteiger partial charge is 0.366 e. The molecule has 6 heteroatoms. The van der Waals surface area contributed by atoms with Gasteiger partial charge in [-0.1, -0.05) is 42.0 Å². The van der Waals surface area contributed by atoms with Crippen LogP contribution in [0.5, 0.6) is 0 Å². The van der Waals surface area contributed by atoms with Gasteiger partial charge in [0.1, 0.15) is 5.82 Å². The molecule has 1 aliphatic heterocycles. The summed E-state index contributed by atoms with van der Waals surface area (Å²) in [5, 5.41) is 0. The summed E-state index contributed by atoms with van der Waals surface area (Å²) in [6.45, 7) is 6.63. The number of aromatic nitrogens is 2. The number of halogens is 1. The number of rotatable bonds is 4. The number of hydrogen-bond acceptors (Lipinski definition) is 4. The number of nitrogens with one attached hydrogen (secondary N) is 1. The predicted octanol–water partition coefficient (Wildman–Crippen LogP) is 3.44. The van der Waals surface area contributed by atoms with E-state index in [4.69, 9.17) is 0 Å².